The lowest BCUT2D eigenvalue weighted by Gasteiger charge is -1.99. The minimum absolute atomic E-state index is 0.204. The van der Waals surface area contributed by atoms with Crippen LogP contribution in [-0.4, -0.2) is 19.8 Å². The van der Waals surface area contributed by atoms with Crippen LogP contribution < -0.4 is 5.73 Å². The van der Waals surface area contributed by atoms with Gasteiger partial charge in [-0.2, -0.15) is 0 Å². The lowest BCUT2D eigenvalue weighted by Crippen LogP contribution is -2.23. The number of rotatable bonds is 2. The minimum Gasteiger partial charge on any atom is -0.382 e. The summed E-state index contributed by atoms with van der Waals surface area (Å²) in [6.07, 6.45) is 0. The van der Waals surface area contributed by atoms with Crippen LogP contribution in [0.5, 0.6) is 0 Å². The molecule has 68 valence electrons. The van der Waals surface area contributed by atoms with Crippen LogP contribution in [0.25, 0.3) is 0 Å². The molecule has 0 aliphatic rings. The van der Waals surface area contributed by atoms with E-state index in [2.05, 4.69) is 11.8 Å². The average Bonchev–Trinajstić information content (AvgIpc) is 2.17. The molecule has 0 radical (unpaired) electrons. The van der Waals surface area contributed by atoms with Crippen molar-refractivity contribution in [2.45, 2.75) is 6.04 Å². The molecular formula is C11H13NO. The Balaban J connectivity index is 2.57. The summed E-state index contributed by atoms with van der Waals surface area (Å²) in [5, 5.41) is 0. The van der Waals surface area contributed by atoms with Gasteiger partial charge in [-0.15, -0.1) is 0 Å². The van der Waals surface area contributed by atoms with E-state index in [1.54, 1.807) is 7.11 Å². The zero-order valence-electron chi connectivity index (χ0n) is 7.66. The van der Waals surface area contributed by atoms with Gasteiger partial charge in [0, 0.05) is 12.7 Å². The van der Waals surface area contributed by atoms with Gasteiger partial charge in [-0.05, 0) is 12.1 Å². The highest BCUT2D eigenvalue weighted by Gasteiger charge is 1.93. The summed E-state index contributed by atoms with van der Waals surface area (Å²) in [4.78, 5) is 0. The zero-order chi connectivity index (χ0) is 9.52. The fraction of sp³-hybridized carbons (Fsp3) is 0.273. The van der Waals surface area contributed by atoms with Gasteiger partial charge < -0.3 is 10.5 Å². The van der Waals surface area contributed by atoms with Crippen LogP contribution in [-0.2, 0) is 4.74 Å². The molecule has 0 saturated carbocycles. The maximum absolute atomic E-state index is 5.63. The SMILES string of the molecule is COCC(N)C#Cc1ccccc1. The third-order valence-corrected chi connectivity index (χ3v) is 1.52. The zero-order valence-corrected chi connectivity index (χ0v) is 7.66. The first kappa shape index (κ1) is 9.79. The quantitative estimate of drug-likeness (QED) is 0.681. The first-order chi connectivity index (χ1) is 6.33. The lowest BCUT2D eigenvalue weighted by atomic mass is 10.2. The summed E-state index contributed by atoms with van der Waals surface area (Å²) in [7, 11) is 1.62. The van der Waals surface area contributed by atoms with E-state index in [0.717, 1.165) is 5.56 Å². The van der Waals surface area contributed by atoms with E-state index in [0.29, 0.717) is 6.61 Å². The molecule has 0 aliphatic heterocycles. The van der Waals surface area contributed by atoms with Crippen molar-refractivity contribution in [3.05, 3.63) is 35.9 Å². The van der Waals surface area contributed by atoms with Gasteiger partial charge in [0.15, 0.2) is 0 Å². The fourth-order valence-electron chi connectivity index (χ4n) is 0.919. The van der Waals surface area contributed by atoms with Gasteiger partial charge in [-0.1, -0.05) is 30.0 Å². The monoisotopic (exact) mass is 175 g/mol. The molecule has 2 nitrogen and oxygen atoms in total. The molecule has 0 amide bonds. The second-order valence-corrected chi connectivity index (χ2v) is 2.70. The maximum atomic E-state index is 5.63. The van der Waals surface area contributed by atoms with Gasteiger partial charge in [-0.3, -0.25) is 0 Å². The van der Waals surface area contributed by atoms with E-state index in [1.807, 2.05) is 30.3 Å². The number of methoxy groups -OCH3 is 1. The Labute approximate surface area is 78.7 Å². The molecule has 0 bridgehead atoms. The normalized spacial score (nSPS) is 11.5. The van der Waals surface area contributed by atoms with Gasteiger partial charge in [-0.25, -0.2) is 0 Å². The first-order valence-electron chi connectivity index (χ1n) is 4.14. The fourth-order valence-corrected chi connectivity index (χ4v) is 0.919. The van der Waals surface area contributed by atoms with Crippen LogP contribution in [0.15, 0.2) is 30.3 Å². The van der Waals surface area contributed by atoms with E-state index in [1.165, 1.54) is 0 Å². The molecule has 1 rings (SSSR count). The van der Waals surface area contributed by atoms with Crippen molar-refractivity contribution in [3.8, 4) is 11.8 Å². The summed E-state index contributed by atoms with van der Waals surface area (Å²) >= 11 is 0. The molecular weight excluding hydrogens is 162 g/mol. The van der Waals surface area contributed by atoms with Crippen molar-refractivity contribution in [1.82, 2.24) is 0 Å². The van der Waals surface area contributed by atoms with Crippen molar-refractivity contribution >= 4 is 0 Å². The smallest absolute Gasteiger partial charge is 0.0905 e. The highest BCUT2D eigenvalue weighted by molar-refractivity contribution is 5.34. The third kappa shape index (κ3) is 3.75. The van der Waals surface area contributed by atoms with Crippen LogP contribution in [0.1, 0.15) is 5.56 Å². The Morgan fingerprint density at radius 1 is 1.38 bits per heavy atom. The molecule has 13 heavy (non-hydrogen) atoms. The Hall–Kier alpha value is -1.30. The van der Waals surface area contributed by atoms with Crippen LogP contribution in [0.2, 0.25) is 0 Å². The van der Waals surface area contributed by atoms with Gasteiger partial charge in [0.05, 0.1) is 12.6 Å². The summed E-state index contributed by atoms with van der Waals surface area (Å²) < 4.78 is 4.86. The standard InChI is InChI=1S/C11H13NO/c1-13-9-11(12)8-7-10-5-3-2-4-6-10/h2-6,11H,9,12H2,1H3. The Bertz CT molecular complexity index is 297. The topological polar surface area (TPSA) is 35.2 Å². The highest BCUT2D eigenvalue weighted by Crippen LogP contribution is 1.94. The Morgan fingerprint density at radius 2 is 2.08 bits per heavy atom. The molecule has 1 atom stereocenters. The summed E-state index contributed by atoms with van der Waals surface area (Å²) in [5.74, 6) is 5.88. The third-order valence-electron chi connectivity index (χ3n) is 1.52. The highest BCUT2D eigenvalue weighted by atomic mass is 16.5. The molecule has 1 aromatic carbocycles. The second kappa shape index (κ2) is 5.36. The molecule has 0 aromatic heterocycles. The van der Waals surface area contributed by atoms with Crippen molar-refractivity contribution in [1.29, 1.82) is 0 Å². The van der Waals surface area contributed by atoms with Crippen LogP contribution >= 0.6 is 0 Å². The van der Waals surface area contributed by atoms with E-state index in [9.17, 15) is 0 Å². The summed E-state index contributed by atoms with van der Waals surface area (Å²) in [6, 6.07) is 9.56. The Kier molecular flexibility index (Phi) is 4.04. The van der Waals surface area contributed by atoms with Gasteiger partial charge in [0.25, 0.3) is 0 Å². The predicted octanol–water partition coefficient (Wildman–Crippen LogP) is 1.01. The molecule has 2 N–H and O–H groups in total. The van der Waals surface area contributed by atoms with E-state index >= 15 is 0 Å². The number of hydrogen-bond donors (Lipinski definition) is 1. The maximum Gasteiger partial charge on any atom is 0.0905 e. The number of hydrogen-bond acceptors (Lipinski definition) is 2. The molecule has 0 fully saturated rings. The van der Waals surface area contributed by atoms with Crippen molar-refractivity contribution in [2.24, 2.45) is 5.73 Å². The van der Waals surface area contributed by atoms with E-state index in [-0.39, 0.29) is 6.04 Å². The van der Waals surface area contributed by atoms with Crippen molar-refractivity contribution < 1.29 is 4.74 Å². The number of benzene rings is 1. The van der Waals surface area contributed by atoms with Crippen LogP contribution in [0, 0.1) is 11.8 Å². The molecule has 0 saturated heterocycles. The van der Waals surface area contributed by atoms with Crippen LogP contribution in [0.4, 0.5) is 0 Å². The van der Waals surface area contributed by atoms with Gasteiger partial charge >= 0.3 is 0 Å². The molecule has 1 aromatic rings. The summed E-state index contributed by atoms with van der Waals surface area (Å²) in [6.45, 7) is 0.472. The second-order valence-electron chi connectivity index (χ2n) is 2.70. The Morgan fingerprint density at radius 3 is 2.69 bits per heavy atom. The largest absolute Gasteiger partial charge is 0.382 e. The molecule has 2 heteroatoms. The number of ether oxygens (including phenoxy) is 1. The van der Waals surface area contributed by atoms with E-state index in [4.69, 9.17) is 10.5 Å². The number of nitrogens with two attached hydrogens (primary N) is 1. The first-order valence-corrected chi connectivity index (χ1v) is 4.14. The molecule has 0 spiro atoms. The predicted molar refractivity (Wildman–Crippen MR) is 53.2 cm³/mol. The van der Waals surface area contributed by atoms with Crippen molar-refractivity contribution in [3.63, 3.8) is 0 Å². The lowest BCUT2D eigenvalue weighted by molar-refractivity contribution is 0.194. The molecule has 0 heterocycles. The van der Waals surface area contributed by atoms with E-state index < -0.39 is 0 Å². The molecule has 0 aliphatic carbocycles. The summed E-state index contributed by atoms with van der Waals surface area (Å²) in [5.41, 5.74) is 6.61. The average molecular weight is 175 g/mol. The van der Waals surface area contributed by atoms with Gasteiger partial charge in [0.1, 0.15) is 0 Å². The van der Waals surface area contributed by atoms with Gasteiger partial charge in [0.2, 0.25) is 0 Å². The van der Waals surface area contributed by atoms with Crippen LogP contribution in [0.3, 0.4) is 0 Å². The minimum atomic E-state index is -0.204. The van der Waals surface area contributed by atoms with Crippen molar-refractivity contribution in [2.75, 3.05) is 13.7 Å². The molecule has 1 unspecified atom stereocenters.